The van der Waals surface area contributed by atoms with Crippen molar-refractivity contribution in [2.24, 2.45) is 11.8 Å². The van der Waals surface area contributed by atoms with Crippen molar-refractivity contribution in [1.29, 1.82) is 0 Å². The number of aromatic hydroxyl groups is 3. The van der Waals surface area contributed by atoms with Crippen molar-refractivity contribution in [3.05, 3.63) is 94.0 Å². The fraction of sp³-hybridized carbons (Fsp3) is 0.350. The normalized spacial score (nSPS) is 19.5. The Kier molecular flexibility index (Phi) is 10.9. The van der Waals surface area contributed by atoms with Crippen LogP contribution in [-0.2, 0) is 22.4 Å². The number of benzene rings is 4. The Morgan fingerprint density at radius 1 is 0.774 bits per heavy atom. The number of hydrogen-bond donors (Lipinski definition) is 5. The molecule has 0 spiro atoms. The summed E-state index contributed by atoms with van der Waals surface area (Å²) in [6, 6.07) is 15.9. The third-order valence-corrected chi connectivity index (χ3v) is 10.1. The van der Waals surface area contributed by atoms with E-state index < -0.39 is 36.2 Å². The molecule has 0 aliphatic carbocycles. The van der Waals surface area contributed by atoms with Crippen LogP contribution in [0.1, 0.15) is 56.1 Å². The van der Waals surface area contributed by atoms with Gasteiger partial charge in [0.1, 0.15) is 6.10 Å². The van der Waals surface area contributed by atoms with Crippen molar-refractivity contribution in [3.63, 3.8) is 0 Å². The number of cyclic esters (lactones) is 1. The van der Waals surface area contributed by atoms with Crippen LogP contribution in [0.15, 0.2) is 60.7 Å². The number of ether oxygens (including phenoxy) is 6. The van der Waals surface area contributed by atoms with Gasteiger partial charge in [0.25, 0.3) is 0 Å². The summed E-state index contributed by atoms with van der Waals surface area (Å²) in [4.78, 5) is 26.8. The van der Waals surface area contributed by atoms with E-state index in [4.69, 9.17) is 28.4 Å². The van der Waals surface area contributed by atoms with E-state index in [0.717, 1.165) is 5.56 Å². The maximum Gasteiger partial charge on any atom is 0.309 e. The predicted octanol–water partition coefficient (Wildman–Crippen LogP) is 4.58. The van der Waals surface area contributed by atoms with Gasteiger partial charge in [-0.15, -0.1) is 0 Å². The van der Waals surface area contributed by atoms with Gasteiger partial charge in [-0.1, -0.05) is 18.2 Å². The highest BCUT2D eigenvalue weighted by atomic mass is 16.5. The molecule has 5 atom stereocenters. The Balaban J connectivity index is 1.27. The Morgan fingerprint density at radius 3 is 2.08 bits per heavy atom. The molecule has 1 saturated heterocycles. The van der Waals surface area contributed by atoms with E-state index in [9.17, 15) is 35.1 Å². The second-order valence-electron chi connectivity index (χ2n) is 13.1. The zero-order valence-corrected chi connectivity index (χ0v) is 29.7. The molecular formula is C40H42O13. The number of fused-ring (bicyclic) bond motifs is 1. The lowest BCUT2D eigenvalue weighted by atomic mass is 9.82. The van der Waals surface area contributed by atoms with E-state index >= 15 is 0 Å². The number of carbonyl (C=O) groups is 2. The van der Waals surface area contributed by atoms with Gasteiger partial charge in [0.2, 0.25) is 0 Å². The van der Waals surface area contributed by atoms with Crippen LogP contribution in [0.25, 0.3) is 0 Å². The molecule has 0 aromatic heterocycles. The average Bonchev–Trinajstić information content (AvgIpc) is 3.71. The van der Waals surface area contributed by atoms with Crippen LogP contribution in [0, 0.1) is 11.8 Å². The number of carbonyl (C=O) groups excluding carboxylic acids is 2. The van der Waals surface area contributed by atoms with Crippen molar-refractivity contribution in [2.75, 3.05) is 48.3 Å². The smallest absolute Gasteiger partial charge is 0.309 e. The minimum atomic E-state index is -1.18. The molecule has 53 heavy (non-hydrogen) atoms. The maximum atomic E-state index is 13.6. The monoisotopic (exact) mass is 730 g/mol. The number of phenols is 3. The molecule has 4 aromatic rings. The maximum absolute atomic E-state index is 13.6. The van der Waals surface area contributed by atoms with E-state index in [-0.39, 0.29) is 77.1 Å². The number of aliphatic hydroxyl groups excluding tert-OH is 2. The zero-order valence-electron chi connectivity index (χ0n) is 29.7. The molecule has 2 aliphatic heterocycles. The third kappa shape index (κ3) is 7.09. The number of rotatable bonds is 14. The lowest BCUT2D eigenvalue weighted by Gasteiger charge is -2.21. The molecule has 1 unspecified atom stereocenters. The number of methoxy groups -OCH3 is 4. The molecule has 1 fully saturated rings. The first kappa shape index (κ1) is 37.1. The fourth-order valence-corrected chi connectivity index (χ4v) is 7.29. The van der Waals surface area contributed by atoms with Gasteiger partial charge in [-0.2, -0.15) is 0 Å². The second-order valence-corrected chi connectivity index (χ2v) is 13.1. The molecule has 280 valence electrons. The van der Waals surface area contributed by atoms with E-state index in [1.165, 1.54) is 52.7 Å². The Morgan fingerprint density at radius 2 is 1.42 bits per heavy atom. The summed E-state index contributed by atoms with van der Waals surface area (Å²) >= 11 is 0. The first-order valence-electron chi connectivity index (χ1n) is 17.0. The van der Waals surface area contributed by atoms with Crippen LogP contribution in [0.5, 0.6) is 46.0 Å². The second kappa shape index (κ2) is 15.5. The van der Waals surface area contributed by atoms with Crippen molar-refractivity contribution >= 4 is 11.8 Å². The first-order chi connectivity index (χ1) is 25.5. The number of aliphatic hydroxyl groups is 2. The van der Waals surface area contributed by atoms with Crippen molar-refractivity contribution in [2.45, 2.75) is 30.8 Å². The van der Waals surface area contributed by atoms with E-state index in [0.29, 0.717) is 34.6 Å². The molecule has 0 bridgehead atoms. The lowest BCUT2D eigenvalue weighted by molar-refractivity contribution is -0.141. The number of esters is 1. The molecule has 4 aromatic carbocycles. The topological polar surface area (TPSA) is 191 Å². The molecule has 5 N–H and O–H groups in total. The van der Waals surface area contributed by atoms with Crippen molar-refractivity contribution in [3.8, 4) is 46.0 Å². The lowest BCUT2D eigenvalue weighted by Crippen LogP contribution is -2.21. The van der Waals surface area contributed by atoms with Crippen LogP contribution in [-0.4, -0.2) is 85.5 Å². The van der Waals surface area contributed by atoms with Crippen LogP contribution >= 0.6 is 0 Å². The van der Waals surface area contributed by atoms with Crippen LogP contribution in [0.2, 0.25) is 0 Å². The fourth-order valence-electron chi connectivity index (χ4n) is 7.29. The summed E-state index contributed by atoms with van der Waals surface area (Å²) in [5.74, 6) is -2.57. The van der Waals surface area contributed by atoms with E-state index in [2.05, 4.69) is 0 Å². The van der Waals surface area contributed by atoms with Gasteiger partial charge in [-0.25, -0.2) is 0 Å². The number of phenolic OH excluding ortho intramolecular Hbond substituents is 3. The quantitative estimate of drug-likeness (QED) is 0.0896. The van der Waals surface area contributed by atoms with E-state index in [1.54, 1.807) is 30.3 Å². The summed E-state index contributed by atoms with van der Waals surface area (Å²) in [6.45, 7) is -0.743. The Hall–Kier alpha value is -5.66. The number of Topliss-reactive ketones (excluding diaryl/α,β-unsaturated/α-hetero) is 1. The highest BCUT2D eigenvalue weighted by molar-refractivity contribution is 6.02. The molecule has 2 heterocycles. The van der Waals surface area contributed by atoms with Crippen LogP contribution in [0.3, 0.4) is 0 Å². The minimum Gasteiger partial charge on any atom is -0.504 e. The SMILES string of the molecule is COc1cc(C(=O)C(CO)c2cc(C[C@H]3COC(=O)[C@@H]3Cc3cc(OC)c4c(c3)[C@H](CO)[C@@H](c3ccc(O)c(OC)c3)O4)cc(OC)c2O)ccc1O. The number of ketones is 1. The highest BCUT2D eigenvalue weighted by Gasteiger charge is 2.41. The average molecular weight is 731 g/mol. The molecular weight excluding hydrogens is 688 g/mol. The van der Waals surface area contributed by atoms with Crippen molar-refractivity contribution < 1.29 is 63.5 Å². The standard InChI is InChI=1S/C40H42O13/c1-48-32-15-22(5-7-30(32)43)36(45)28(17-41)26-11-20(13-34(50-3)37(26)46)9-24-19-52-40(47)25(24)10-21-12-27-29(18-42)38(53-39(27)35(14-21)51-4)23-6-8-31(44)33(16-23)49-2/h5-8,11-16,24-25,28-29,38,41-44,46H,9-10,17-19H2,1-4H3/t24-,25+,28?,29-,38+/m0/s1. The summed E-state index contributed by atoms with van der Waals surface area (Å²) in [7, 11) is 5.69. The van der Waals surface area contributed by atoms with Gasteiger partial charge in [0.05, 0.1) is 66.0 Å². The third-order valence-electron chi connectivity index (χ3n) is 10.1. The van der Waals surface area contributed by atoms with Gasteiger partial charge < -0.3 is 54.0 Å². The van der Waals surface area contributed by atoms with Gasteiger partial charge in [0, 0.05) is 22.6 Å². The van der Waals surface area contributed by atoms with E-state index in [1.807, 2.05) is 6.07 Å². The largest absolute Gasteiger partial charge is 0.504 e. The molecule has 0 saturated carbocycles. The number of hydrogen-bond acceptors (Lipinski definition) is 13. The molecule has 13 nitrogen and oxygen atoms in total. The van der Waals surface area contributed by atoms with Gasteiger partial charge in [-0.3, -0.25) is 9.59 Å². The molecule has 0 radical (unpaired) electrons. The van der Waals surface area contributed by atoms with Crippen molar-refractivity contribution in [1.82, 2.24) is 0 Å². The molecule has 0 amide bonds. The summed E-state index contributed by atoms with van der Waals surface area (Å²) < 4.78 is 33.5. The molecule has 6 rings (SSSR count). The van der Waals surface area contributed by atoms with Gasteiger partial charge in [0.15, 0.2) is 51.8 Å². The summed E-state index contributed by atoms with van der Waals surface area (Å²) in [5.41, 5.74) is 3.10. The molecule has 13 heteroatoms. The van der Waals surface area contributed by atoms with Gasteiger partial charge >= 0.3 is 5.97 Å². The Bertz CT molecular complexity index is 2010. The zero-order chi connectivity index (χ0) is 38.0. The summed E-state index contributed by atoms with van der Waals surface area (Å²) in [5, 5.41) is 52.2. The molecule has 2 aliphatic rings. The van der Waals surface area contributed by atoms with Crippen LogP contribution in [0.4, 0.5) is 0 Å². The highest BCUT2D eigenvalue weighted by Crippen LogP contribution is 2.52. The minimum absolute atomic E-state index is 0.0241. The van der Waals surface area contributed by atoms with Crippen LogP contribution < -0.4 is 23.7 Å². The summed E-state index contributed by atoms with van der Waals surface area (Å²) in [6.07, 6.45) is 0.00218. The Labute approximate surface area is 305 Å². The first-order valence-corrected chi connectivity index (χ1v) is 17.0. The van der Waals surface area contributed by atoms with Gasteiger partial charge in [-0.05, 0) is 72.0 Å². The predicted molar refractivity (Wildman–Crippen MR) is 190 cm³/mol.